The number of para-hydroxylation sites is 1. The van der Waals surface area contributed by atoms with Crippen LogP contribution < -0.4 is 10.2 Å². The van der Waals surface area contributed by atoms with Crippen LogP contribution in [0.3, 0.4) is 0 Å². The molecule has 3 aromatic rings. The molecule has 134 valence electrons. The number of methoxy groups -OCH3 is 1. The Kier molecular flexibility index (Phi) is 5.60. The summed E-state index contributed by atoms with van der Waals surface area (Å²) in [6.45, 7) is 0. The Bertz CT molecular complexity index is 985. The zero-order valence-electron chi connectivity index (χ0n) is 14.7. The molecule has 2 aromatic carbocycles. The van der Waals surface area contributed by atoms with E-state index >= 15 is 0 Å². The van der Waals surface area contributed by atoms with Crippen LogP contribution >= 0.6 is 0 Å². The minimum atomic E-state index is -0.463. The number of amides is 1. The number of ether oxygens (including phenoxy) is 1. The van der Waals surface area contributed by atoms with Gasteiger partial charge in [-0.1, -0.05) is 18.2 Å². The fourth-order valence-electron chi connectivity index (χ4n) is 2.45. The summed E-state index contributed by atoms with van der Waals surface area (Å²) >= 11 is 0. The third-order valence-electron chi connectivity index (χ3n) is 3.76. The number of hydrogen-bond acceptors (Lipinski definition) is 5. The first-order chi connectivity index (χ1) is 13.2. The number of carbonyl (C=O) groups is 1. The molecule has 0 bridgehead atoms. The van der Waals surface area contributed by atoms with Crippen molar-refractivity contribution < 1.29 is 9.53 Å². The van der Waals surface area contributed by atoms with Gasteiger partial charge in [0.1, 0.15) is 17.9 Å². The highest BCUT2D eigenvalue weighted by molar-refractivity contribution is 5.89. The lowest BCUT2D eigenvalue weighted by molar-refractivity contribution is -0.120. The van der Waals surface area contributed by atoms with Gasteiger partial charge in [-0.05, 0) is 36.4 Å². The second-order valence-corrected chi connectivity index (χ2v) is 5.57. The molecule has 0 unspecified atom stereocenters. The molecule has 1 N–H and O–H groups in total. The van der Waals surface area contributed by atoms with Crippen LogP contribution in [0.1, 0.15) is 12.0 Å². The summed E-state index contributed by atoms with van der Waals surface area (Å²) in [5.41, 5.74) is 5.55. The molecule has 0 radical (unpaired) electrons. The molecule has 0 aliphatic heterocycles. The van der Waals surface area contributed by atoms with Crippen molar-refractivity contribution in [3.8, 4) is 28.8 Å². The minimum absolute atomic E-state index is 0.244. The van der Waals surface area contributed by atoms with Crippen molar-refractivity contribution in [2.24, 2.45) is 5.10 Å². The van der Waals surface area contributed by atoms with E-state index in [2.05, 4.69) is 15.6 Å². The standard InChI is InChI=1S/C20H17N5O2/c1-27-18-9-7-15(8-10-18)20-16(13-22-23-19(26)11-12-21)14-25(24-20)17-5-3-2-4-6-17/h2-10,13-14H,11H2,1H3,(H,23,26)/b22-13-. The first kappa shape index (κ1) is 17.9. The van der Waals surface area contributed by atoms with Gasteiger partial charge >= 0.3 is 0 Å². The fourth-order valence-corrected chi connectivity index (χ4v) is 2.45. The zero-order valence-corrected chi connectivity index (χ0v) is 14.7. The van der Waals surface area contributed by atoms with E-state index in [4.69, 9.17) is 10.00 Å². The van der Waals surface area contributed by atoms with Crippen molar-refractivity contribution in [1.82, 2.24) is 15.2 Å². The molecule has 0 aliphatic carbocycles. The number of rotatable bonds is 6. The van der Waals surface area contributed by atoms with E-state index in [1.54, 1.807) is 17.9 Å². The fraction of sp³-hybridized carbons (Fsp3) is 0.100. The lowest BCUT2D eigenvalue weighted by Gasteiger charge is -2.02. The lowest BCUT2D eigenvalue weighted by Crippen LogP contribution is -2.16. The molecule has 1 heterocycles. The summed E-state index contributed by atoms with van der Waals surface area (Å²) in [4.78, 5) is 11.4. The molecule has 1 amide bonds. The van der Waals surface area contributed by atoms with Gasteiger partial charge in [0.25, 0.3) is 5.91 Å². The average Bonchev–Trinajstić information content (AvgIpc) is 3.13. The minimum Gasteiger partial charge on any atom is -0.497 e. The Labute approximate surface area is 156 Å². The van der Waals surface area contributed by atoms with Gasteiger partial charge in [-0.25, -0.2) is 10.1 Å². The molecule has 7 heteroatoms. The third kappa shape index (κ3) is 4.38. The van der Waals surface area contributed by atoms with Crippen molar-refractivity contribution >= 4 is 12.1 Å². The van der Waals surface area contributed by atoms with Gasteiger partial charge in [0, 0.05) is 17.3 Å². The molecule has 27 heavy (non-hydrogen) atoms. The van der Waals surface area contributed by atoms with Crippen molar-refractivity contribution in [2.45, 2.75) is 6.42 Å². The molecule has 0 saturated heterocycles. The highest BCUT2D eigenvalue weighted by Gasteiger charge is 2.11. The van der Waals surface area contributed by atoms with Crippen molar-refractivity contribution in [1.29, 1.82) is 5.26 Å². The zero-order chi connectivity index (χ0) is 19.1. The normalized spacial score (nSPS) is 10.5. The van der Waals surface area contributed by atoms with Gasteiger partial charge in [0.05, 0.1) is 25.1 Å². The molecule has 3 rings (SSSR count). The molecule has 0 saturated carbocycles. The van der Waals surface area contributed by atoms with Crippen LogP contribution in [-0.4, -0.2) is 29.0 Å². The number of hydrazone groups is 1. The second-order valence-electron chi connectivity index (χ2n) is 5.57. The highest BCUT2D eigenvalue weighted by Crippen LogP contribution is 2.24. The Hall–Kier alpha value is -3.92. The molecular weight excluding hydrogens is 342 g/mol. The van der Waals surface area contributed by atoms with E-state index in [1.165, 1.54) is 6.21 Å². The SMILES string of the molecule is COc1ccc(-c2nn(-c3ccccc3)cc2/C=N\NC(=O)CC#N)cc1. The van der Waals surface area contributed by atoms with Crippen LogP contribution in [0.5, 0.6) is 5.75 Å². The maximum absolute atomic E-state index is 11.4. The summed E-state index contributed by atoms with van der Waals surface area (Å²) in [6, 6.07) is 19.0. The van der Waals surface area contributed by atoms with Crippen LogP contribution in [0.2, 0.25) is 0 Å². The summed E-state index contributed by atoms with van der Waals surface area (Å²) in [5, 5.41) is 17.1. The number of nitrogens with one attached hydrogen (secondary N) is 1. The smallest absolute Gasteiger partial charge is 0.254 e. The number of nitriles is 1. The quantitative estimate of drug-likeness (QED) is 0.541. The molecule has 0 aliphatic rings. The Balaban J connectivity index is 1.96. The number of aromatic nitrogens is 2. The van der Waals surface area contributed by atoms with Gasteiger partial charge in [0.15, 0.2) is 0 Å². The molecular formula is C20H17N5O2. The first-order valence-corrected chi connectivity index (χ1v) is 8.19. The Morgan fingerprint density at radius 3 is 2.67 bits per heavy atom. The Morgan fingerprint density at radius 1 is 1.26 bits per heavy atom. The molecule has 0 spiro atoms. The monoisotopic (exact) mass is 359 g/mol. The number of nitrogens with zero attached hydrogens (tertiary/aromatic N) is 4. The molecule has 0 atom stereocenters. The van der Waals surface area contributed by atoms with Gasteiger partial charge < -0.3 is 4.74 Å². The molecule has 7 nitrogen and oxygen atoms in total. The Morgan fingerprint density at radius 2 is 2.00 bits per heavy atom. The van der Waals surface area contributed by atoms with E-state index in [1.807, 2.05) is 60.8 Å². The van der Waals surface area contributed by atoms with Crippen LogP contribution in [0.15, 0.2) is 65.9 Å². The summed E-state index contributed by atoms with van der Waals surface area (Å²) < 4.78 is 6.95. The second kappa shape index (κ2) is 8.45. The van der Waals surface area contributed by atoms with Crippen molar-refractivity contribution in [3.63, 3.8) is 0 Å². The van der Waals surface area contributed by atoms with Crippen molar-refractivity contribution in [2.75, 3.05) is 7.11 Å². The maximum atomic E-state index is 11.4. The van der Waals surface area contributed by atoms with Gasteiger partial charge in [-0.15, -0.1) is 0 Å². The van der Waals surface area contributed by atoms with Gasteiger partial charge in [0.2, 0.25) is 0 Å². The van der Waals surface area contributed by atoms with E-state index < -0.39 is 5.91 Å². The van der Waals surface area contributed by atoms with E-state index in [-0.39, 0.29) is 6.42 Å². The third-order valence-corrected chi connectivity index (χ3v) is 3.76. The predicted molar refractivity (Wildman–Crippen MR) is 102 cm³/mol. The van der Waals surface area contributed by atoms with Gasteiger partial charge in [-0.2, -0.15) is 15.5 Å². The maximum Gasteiger partial charge on any atom is 0.254 e. The predicted octanol–water partition coefficient (Wildman–Crippen LogP) is 2.91. The summed E-state index contributed by atoms with van der Waals surface area (Å²) in [5.74, 6) is 0.287. The van der Waals surface area contributed by atoms with Gasteiger partial charge in [-0.3, -0.25) is 4.79 Å². The lowest BCUT2D eigenvalue weighted by atomic mass is 10.1. The van der Waals surface area contributed by atoms with Crippen LogP contribution in [0, 0.1) is 11.3 Å². The van der Waals surface area contributed by atoms with Crippen LogP contribution in [-0.2, 0) is 4.79 Å². The van der Waals surface area contributed by atoms with E-state index in [9.17, 15) is 4.79 Å². The summed E-state index contributed by atoms with van der Waals surface area (Å²) in [6.07, 6.45) is 3.10. The number of carbonyl (C=O) groups excluding carboxylic acids is 1. The topological polar surface area (TPSA) is 92.3 Å². The first-order valence-electron chi connectivity index (χ1n) is 8.19. The largest absolute Gasteiger partial charge is 0.497 e. The van der Waals surface area contributed by atoms with Crippen molar-refractivity contribution in [3.05, 3.63) is 66.4 Å². The van der Waals surface area contributed by atoms with E-state index in [0.717, 1.165) is 22.6 Å². The number of benzene rings is 2. The summed E-state index contributed by atoms with van der Waals surface area (Å²) in [7, 11) is 1.61. The highest BCUT2D eigenvalue weighted by atomic mass is 16.5. The number of hydrogen-bond donors (Lipinski definition) is 1. The molecule has 1 aromatic heterocycles. The van der Waals surface area contributed by atoms with E-state index in [0.29, 0.717) is 5.69 Å². The van der Waals surface area contributed by atoms with Crippen LogP contribution in [0.25, 0.3) is 16.9 Å². The molecule has 0 fully saturated rings. The van der Waals surface area contributed by atoms with Crippen LogP contribution in [0.4, 0.5) is 0 Å². The average molecular weight is 359 g/mol.